The maximum absolute atomic E-state index is 2.40. The topological polar surface area (TPSA) is 0 Å². The van der Waals surface area contributed by atoms with Crippen LogP contribution in [-0.4, -0.2) is 0 Å². The first-order valence-electron chi connectivity index (χ1n) is 3.86. The second-order valence-electron chi connectivity index (χ2n) is 3.67. The summed E-state index contributed by atoms with van der Waals surface area (Å²) in [6.07, 6.45) is 6.18. The van der Waals surface area contributed by atoms with Crippen molar-refractivity contribution in [2.75, 3.05) is 0 Å². The van der Waals surface area contributed by atoms with Gasteiger partial charge in [0.25, 0.3) is 0 Å². The molecule has 0 radical (unpaired) electrons. The Bertz CT molecular complexity index is 96.2. The summed E-state index contributed by atoms with van der Waals surface area (Å²) in [7, 11) is 0. The molecular formula is C8H14. The van der Waals surface area contributed by atoms with Gasteiger partial charge in [-0.05, 0) is 37.0 Å². The molecular weight excluding hydrogens is 96.1 g/mol. The van der Waals surface area contributed by atoms with Crippen LogP contribution in [0.3, 0.4) is 0 Å². The molecule has 0 bridgehead atoms. The van der Waals surface area contributed by atoms with Crippen molar-refractivity contribution in [1.29, 1.82) is 0 Å². The van der Waals surface area contributed by atoms with Crippen molar-refractivity contribution >= 4 is 0 Å². The molecule has 0 aromatic rings. The lowest BCUT2D eigenvalue weighted by Gasteiger charge is -2.15. The van der Waals surface area contributed by atoms with Gasteiger partial charge in [0, 0.05) is 0 Å². The van der Waals surface area contributed by atoms with E-state index in [1.165, 1.54) is 18.3 Å². The Hall–Kier alpha value is 0. The molecule has 0 N–H and O–H groups in total. The Kier molecular flexibility index (Phi) is 0.902. The second kappa shape index (κ2) is 1.49. The number of hydrogen-bond acceptors (Lipinski definition) is 0. The standard InChI is InChI=1S/C8H14/c1-6-2-3-7-5-8(7)4-6/h6-8H,2-5H2,1H3. The average Bonchev–Trinajstić information content (AvgIpc) is 2.43. The van der Waals surface area contributed by atoms with E-state index in [1.807, 2.05) is 0 Å². The van der Waals surface area contributed by atoms with Crippen LogP contribution in [0.1, 0.15) is 32.6 Å². The number of rotatable bonds is 0. The fourth-order valence-electron chi connectivity index (χ4n) is 2.09. The fourth-order valence-corrected chi connectivity index (χ4v) is 2.09. The second-order valence-corrected chi connectivity index (χ2v) is 3.67. The van der Waals surface area contributed by atoms with E-state index in [4.69, 9.17) is 0 Å². The zero-order valence-corrected chi connectivity index (χ0v) is 5.56. The normalized spacial score (nSPS) is 52.9. The van der Waals surface area contributed by atoms with Gasteiger partial charge < -0.3 is 0 Å². The van der Waals surface area contributed by atoms with Crippen LogP contribution in [-0.2, 0) is 0 Å². The minimum atomic E-state index is 1.05. The van der Waals surface area contributed by atoms with Gasteiger partial charge in [-0.25, -0.2) is 0 Å². The van der Waals surface area contributed by atoms with Crippen molar-refractivity contribution in [2.24, 2.45) is 17.8 Å². The summed E-state index contributed by atoms with van der Waals surface area (Å²) >= 11 is 0. The molecule has 0 amide bonds. The lowest BCUT2D eigenvalue weighted by Crippen LogP contribution is -2.03. The van der Waals surface area contributed by atoms with Crippen molar-refractivity contribution in [1.82, 2.24) is 0 Å². The maximum Gasteiger partial charge on any atom is -0.0380 e. The summed E-state index contributed by atoms with van der Waals surface area (Å²) in [5.74, 6) is 3.42. The lowest BCUT2D eigenvalue weighted by molar-refractivity contribution is 0.368. The molecule has 0 spiro atoms. The quantitative estimate of drug-likeness (QED) is 0.449. The van der Waals surface area contributed by atoms with Crippen molar-refractivity contribution in [2.45, 2.75) is 32.6 Å². The van der Waals surface area contributed by atoms with Gasteiger partial charge in [0.15, 0.2) is 0 Å². The number of fused-ring (bicyclic) bond motifs is 1. The molecule has 3 unspecified atom stereocenters. The fraction of sp³-hybridized carbons (Fsp3) is 1.00. The lowest BCUT2D eigenvalue weighted by atomic mass is 9.91. The molecule has 2 rings (SSSR count). The Morgan fingerprint density at radius 1 is 1.00 bits per heavy atom. The van der Waals surface area contributed by atoms with Gasteiger partial charge in [-0.1, -0.05) is 13.3 Å². The van der Waals surface area contributed by atoms with E-state index in [2.05, 4.69) is 6.92 Å². The van der Waals surface area contributed by atoms with Crippen LogP contribution in [0.25, 0.3) is 0 Å². The molecule has 0 aromatic carbocycles. The molecule has 2 fully saturated rings. The predicted octanol–water partition coefficient (Wildman–Crippen LogP) is 2.44. The molecule has 2 saturated carbocycles. The Morgan fingerprint density at radius 2 is 1.88 bits per heavy atom. The Balaban J connectivity index is 1.93. The molecule has 0 aromatic heterocycles. The third-order valence-electron chi connectivity index (χ3n) is 2.80. The van der Waals surface area contributed by atoms with E-state index >= 15 is 0 Å². The first kappa shape index (κ1) is 4.84. The van der Waals surface area contributed by atoms with E-state index in [9.17, 15) is 0 Å². The summed E-state index contributed by atoms with van der Waals surface area (Å²) in [4.78, 5) is 0. The van der Waals surface area contributed by atoms with Crippen LogP contribution in [0.5, 0.6) is 0 Å². The average molecular weight is 110 g/mol. The molecule has 3 atom stereocenters. The van der Waals surface area contributed by atoms with Gasteiger partial charge in [-0.3, -0.25) is 0 Å². The van der Waals surface area contributed by atoms with E-state index < -0.39 is 0 Å². The molecule has 0 nitrogen and oxygen atoms in total. The van der Waals surface area contributed by atoms with E-state index in [0.717, 1.165) is 5.92 Å². The largest absolute Gasteiger partial charge is 0.0625 e. The highest BCUT2D eigenvalue weighted by molar-refractivity contribution is 4.91. The minimum Gasteiger partial charge on any atom is -0.0625 e. The van der Waals surface area contributed by atoms with Crippen LogP contribution >= 0.6 is 0 Å². The van der Waals surface area contributed by atoms with Crippen molar-refractivity contribution < 1.29 is 0 Å². The zero-order valence-electron chi connectivity index (χ0n) is 5.56. The van der Waals surface area contributed by atoms with Gasteiger partial charge in [0.1, 0.15) is 0 Å². The van der Waals surface area contributed by atoms with E-state index in [-0.39, 0.29) is 0 Å². The van der Waals surface area contributed by atoms with Gasteiger partial charge in [0.2, 0.25) is 0 Å². The highest BCUT2D eigenvalue weighted by atomic mass is 14.5. The Labute approximate surface area is 51.3 Å². The van der Waals surface area contributed by atoms with Crippen molar-refractivity contribution in [3.05, 3.63) is 0 Å². The molecule has 46 valence electrons. The Morgan fingerprint density at radius 3 is 2.50 bits per heavy atom. The third kappa shape index (κ3) is 0.667. The first-order chi connectivity index (χ1) is 3.86. The molecule has 2 aliphatic rings. The monoisotopic (exact) mass is 110 g/mol. The molecule has 8 heavy (non-hydrogen) atoms. The summed E-state index contributed by atoms with van der Waals surface area (Å²) in [5, 5.41) is 0. The van der Waals surface area contributed by atoms with Crippen LogP contribution in [0, 0.1) is 17.8 Å². The highest BCUT2D eigenvalue weighted by Gasteiger charge is 2.40. The van der Waals surface area contributed by atoms with E-state index in [1.54, 1.807) is 19.3 Å². The summed E-state index contributed by atoms with van der Waals surface area (Å²) in [5.41, 5.74) is 0. The predicted molar refractivity (Wildman–Crippen MR) is 34.6 cm³/mol. The summed E-state index contributed by atoms with van der Waals surface area (Å²) in [6, 6.07) is 0. The number of hydrogen-bond donors (Lipinski definition) is 0. The summed E-state index contributed by atoms with van der Waals surface area (Å²) in [6.45, 7) is 2.40. The molecule has 0 heteroatoms. The molecule has 0 saturated heterocycles. The molecule has 0 heterocycles. The zero-order chi connectivity index (χ0) is 5.56. The minimum absolute atomic E-state index is 1.05. The third-order valence-corrected chi connectivity index (χ3v) is 2.80. The molecule has 2 aliphatic carbocycles. The van der Waals surface area contributed by atoms with Crippen LogP contribution in [0.15, 0.2) is 0 Å². The SMILES string of the molecule is CC1CCC2CC2C1. The van der Waals surface area contributed by atoms with Gasteiger partial charge >= 0.3 is 0 Å². The maximum atomic E-state index is 2.40. The van der Waals surface area contributed by atoms with Gasteiger partial charge in [-0.15, -0.1) is 0 Å². The van der Waals surface area contributed by atoms with E-state index in [0.29, 0.717) is 0 Å². The smallest absolute Gasteiger partial charge is 0.0380 e. The van der Waals surface area contributed by atoms with Gasteiger partial charge in [0.05, 0.1) is 0 Å². The molecule has 0 aliphatic heterocycles. The van der Waals surface area contributed by atoms with Crippen molar-refractivity contribution in [3.63, 3.8) is 0 Å². The summed E-state index contributed by atoms with van der Waals surface area (Å²) < 4.78 is 0. The first-order valence-corrected chi connectivity index (χ1v) is 3.86. The highest BCUT2D eigenvalue weighted by Crippen LogP contribution is 2.51. The van der Waals surface area contributed by atoms with Crippen LogP contribution in [0.4, 0.5) is 0 Å². The van der Waals surface area contributed by atoms with Crippen LogP contribution < -0.4 is 0 Å². The van der Waals surface area contributed by atoms with Crippen LogP contribution in [0.2, 0.25) is 0 Å². The van der Waals surface area contributed by atoms with Gasteiger partial charge in [-0.2, -0.15) is 0 Å². The van der Waals surface area contributed by atoms with Crippen molar-refractivity contribution in [3.8, 4) is 0 Å².